The molecule has 1 nitrogen and oxygen atoms in total. The zero-order chi connectivity index (χ0) is 0. The number of halogens is 2. The van der Waals surface area contributed by atoms with Crippen LogP contribution in [0.4, 0.5) is 0 Å². The summed E-state index contributed by atoms with van der Waals surface area (Å²) in [5, 5.41) is 0. The van der Waals surface area contributed by atoms with Crippen molar-refractivity contribution in [1.29, 1.82) is 0 Å². The van der Waals surface area contributed by atoms with Gasteiger partial charge in [0.15, 0.2) is 0 Å². The van der Waals surface area contributed by atoms with Crippen LogP contribution in [-0.2, 0) is 24.0 Å². The molecule has 0 aliphatic heterocycles. The van der Waals surface area contributed by atoms with Crippen molar-refractivity contribution in [1.82, 2.24) is 0 Å². The van der Waals surface area contributed by atoms with E-state index in [9.17, 15) is 0 Å². The summed E-state index contributed by atoms with van der Waals surface area (Å²) in [4.78, 5) is 0. The summed E-state index contributed by atoms with van der Waals surface area (Å²) in [6.07, 6.45) is 0. The summed E-state index contributed by atoms with van der Waals surface area (Å²) in [6, 6.07) is 0. The quantitative estimate of drug-likeness (QED) is 0.318. The van der Waals surface area contributed by atoms with Gasteiger partial charge in [0.05, 0.1) is 0 Å². The van der Waals surface area contributed by atoms with Crippen LogP contribution in [0, 0.1) is 0 Å². The minimum atomic E-state index is 0. The van der Waals surface area contributed by atoms with Crippen LogP contribution in [0.5, 0.6) is 0 Å². The van der Waals surface area contributed by atoms with E-state index in [0.717, 1.165) is 0 Å². The summed E-state index contributed by atoms with van der Waals surface area (Å²) in [6.45, 7) is 0. The average Bonchev–Trinajstić information content (AvgIpc) is 0. The molecular formula is Cl2OV. The van der Waals surface area contributed by atoms with Gasteiger partial charge in [-0.15, -0.1) is 0 Å². The fraction of sp³-hybridized carbons (Fsp3) is 0. The van der Waals surface area contributed by atoms with Crippen LogP contribution in [0.2, 0.25) is 0 Å². The van der Waals surface area contributed by atoms with Gasteiger partial charge < -0.3 is 30.3 Å². The molecular weight excluding hydrogens is 138 g/mol. The topological polar surface area (TPSA) is 28.5 Å². The molecule has 4 heteroatoms. The van der Waals surface area contributed by atoms with Gasteiger partial charge in [-0.2, -0.15) is 0 Å². The van der Waals surface area contributed by atoms with Gasteiger partial charge in [-0.3, -0.25) is 0 Å². The maximum absolute atomic E-state index is 0. The molecule has 0 rings (SSSR count). The number of rotatable bonds is 0. The normalized spacial score (nSPS) is 0. The Labute approximate surface area is 49.2 Å². The van der Waals surface area contributed by atoms with Gasteiger partial charge in [0.25, 0.3) is 0 Å². The van der Waals surface area contributed by atoms with Crippen molar-refractivity contribution in [2.45, 2.75) is 0 Å². The monoisotopic (exact) mass is 137 g/mol. The van der Waals surface area contributed by atoms with E-state index in [1.54, 1.807) is 0 Å². The van der Waals surface area contributed by atoms with E-state index < -0.39 is 0 Å². The van der Waals surface area contributed by atoms with Gasteiger partial charge in [-0.05, 0) is 0 Å². The summed E-state index contributed by atoms with van der Waals surface area (Å²) in [5.41, 5.74) is 0. The van der Waals surface area contributed by atoms with Crippen LogP contribution in [-0.4, -0.2) is 0 Å². The fourth-order valence-corrected chi connectivity index (χ4v) is 0. The van der Waals surface area contributed by atoms with Gasteiger partial charge >= 0.3 is 18.6 Å². The smallest absolute Gasteiger partial charge is 2.00 e. The van der Waals surface area contributed by atoms with E-state index >= 15 is 0 Å². The van der Waals surface area contributed by atoms with E-state index in [1.807, 2.05) is 0 Å². The standard InChI is InChI=1S/2ClH.O.V/h2*1H;;/q;;-2;+4/p-2. The third-order valence-electron chi connectivity index (χ3n) is 0. The molecule has 0 aromatic rings. The van der Waals surface area contributed by atoms with E-state index in [0.29, 0.717) is 0 Å². The Morgan fingerprint density at radius 1 is 0.750 bits per heavy atom. The van der Waals surface area contributed by atoms with Crippen molar-refractivity contribution in [3.63, 3.8) is 0 Å². The van der Waals surface area contributed by atoms with Gasteiger partial charge in [-0.25, -0.2) is 0 Å². The molecule has 0 bridgehead atoms. The van der Waals surface area contributed by atoms with E-state index in [2.05, 4.69) is 0 Å². The molecule has 0 amide bonds. The molecule has 0 unspecified atom stereocenters. The molecule has 25 valence electrons. The third kappa shape index (κ3) is 11.2. The van der Waals surface area contributed by atoms with E-state index in [1.165, 1.54) is 0 Å². The Bertz CT molecular complexity index is 6.00. The van der Waals surface area contributed by atoms with Crippen LogP contribution in [0.15, 0.2) is 0 Å². The third-order valence-corrected chi connectivity index (χ3v) is 0. The first-order valence-corrected chi connectivity index (χ1v) is 0. The minimum Gasteiger partial charge on any atom is -2.00 e. The van der Waals surface area contributed by atoms with Crippen LogP contribution in [0.25, 0.3) is 0 Å². The Hall–Kier alpha value is 1.12. The molecule has 4 heavy (non-hydrogen) atoms. The Morgan fingerprint density at radius 3 is 0.750 bits per heavy atom. The van der Waals surface area contributed by atoms with Crippen molar-refractivity contribution in [3.05, 3.63) is 0 Å². The Kier molecular flexibility index (Phi) is 549. The Morgan fingerprint density at radius 2 is 0.750 bits per heavy atom. The van der Waals surface area contributed by atoms with Gasteiger partial charge in [0.2, 0.25) is 0 Å². The molecule has 0 atom stereocenters. The molecule has 0 fully saturated rings. The molecule has 0 saturated carbocycles. The van der Waals surface area contributed by atoms with Crippen molar-refractivity contribution in [2.75, 3.05) is 0 Å². The van der Waals surface area contributed by atoms with Crippen LogP contribution >= 0.6 is 0 Å². The van der Waals surface area contributed by atoms with Crippen molar-refractivity contribution in [2.24, 2.45) is 0 Å². The summed E-state index contributed by atoms with van der Waals surface area (Å²) in [5.74, 6) is 0. The van der Waals surface area contributed by atoms with Crippen molar-refractivity contribution in [3.8, 4) is 0 Å². The van der Waals surface area contributed by atoms with Crippen molar-refractivity contribution >= 4 is 0 Å². The second-order valence-corrected chi connectivity index (χ2v) is 0. The minimum absolute atomic E-state index is 0. The second-order valence-electron chi connectivity index (χ2n) is 0. The maximum Gasteiger partial charge on any atom is 4.00 e. The molecule has 0 aliphatic carbocycles. The molecule has 0 aromatic carbocycles. The fourth-order valence-electron chi connectivity index (χ4n) is 0. The van der Waals surface area contributed by atoms with Crippen LogP contribution in [0.1, 0.15) is 0 Å². The molecule has 0 heterocycles. The summed E-state index contributed by atoms with van der Waals surface area (Å²) >= 11 is 0. The molecule has 0 aliphatic rings. The first-order chi connectivity index (χ1) is 0. The first-order valence-electron chi connectivity index (χ1n) is 0. The summed E-state index contributed by atoms with van der Waals surface area (Å²) < 4.78 is 0. The molecule has 0 saturated heterocycles. The zero-order valence-electron chi connectivity index (χ0n) is 1.61. The zero-order valence-corrected chi connectivity index (χ0v) is 4.52. The van der Waals surface area contributed by atoms with Crippen molar-refractivity contribution < 1.29 is 48.8 Å². The van der Waals surface area contributed by atoms with E-state index in [-0.39, 0.29) is 48.8 Å². The number of hydrogen-bond acceptors (Lipinski definition) is 0. The molecule has 0 spiro atoms. The number of hydrogen-bond donors (Lipinski definition) is 0. The van der Waals surface area contributed by atoms with E-state index in [4.69, 9.17) is 0 Å². The first kappa shape index (κ1) is 68.9. The largest absolute Gasteiger partial charge is 4.00 e. The summed E-state index contributed by atoms with van der Waals surface area (Å²) in [7, 11) is 0. The molecule has 0 N–H and O–H groups in total. The maximum atomic E-state index is 0. The predicted molar refractivity (Wildman–Crippen MR) is 0.686 cm³/mol. The van der Waals surface area contributed by atoms with Crippen LogP contribution in [0.3, 0.4) is 0 Å². The molecule has 0 aromatic heterocycles. The van der Waals surface area contributed by atoms with Gasteiger partial charge in [0, 0.05) is 0 Å². The Balaban J connectivity index is 0. The molecule has 1 radical (unpaired) electrons. The van der Waals surface area contributed by atoms with Gasteiger partial charge in [0.1, 0.15) is 0 Å². The van der Waals surface area contributed by atoms with Gasteiger partial charge in [-0.1, -0.05) is 0 Å². The second kappa shape index (κ2) is 31.8. The predicted octanol–water partition coefficient (Wildman–Crippen LogP) is -6.11. The average molecular weight is 138 g/mol. The van der Waals surface area contributed by atoms with Crippen LogP contribution < -0.4 is 24.8 Å². The SMILES string of the molecule is [Cl-].[Cl-].[O-2].[V+4].